The molecule has 0 saturated heterocycles. The largest absolute Gasteiger partial charge is 0.402 e. The van der Waals surface area contributed by atoms with Crippen molar-refractivity contribution in [2.75, 3.05) is 0 Å². The van der Waals surface area contributed by atoms with Crippen LogP contribution in [0, 0.1) is 10.1 Å². The van der Waals surface area contributed by atoms with Gasteiger partial charge in [-0.15, -0.1) is 0 Å². The average molecular weight is 142 g/mol. The van der Waals surface area contributed by atoms with Crippen molar-refractivity contribution < 1.29 is 4.92 Å². The maximum Gasteiger partial charge on any atom is 0.243 e. The van der Waals surface area contributed by atoms with Crippen LogP contribution >= 0.6 is 0 Å². The molecule has 10 heavy (non-hydrogen) atoms. The summed E-state index contributed by atoms with van der Waals surface area (Å²) in [5, 5.41) is 9.98. The summed E-state index contributed by atoms with van der Waals surface area (Å²) in [5.41, 5.74) is 5.88. The van der Waals surface area contributed by atoms with Crippen molar-refractivity contribution in [2.24, 2.45) is 5.73 Å². The fourth-order valence-electron chi connectivity index (χ4n) is 0.313. The molecule has 0 aliphatic heterocycles. The fourth-order valence-corrected chi connectivity index (χ4v) is 0.313. The monoisotopic (exact) mass is 142 g/mol. The van der Waals surface area contributed by atoms with E-state index in [2.05, 4.69) is 0 Å². The molecule has 0 atom stereocenters. The van der Waals surface area contributed by atoms with Gasteiger partial charge in [-0.3, -0.25) is 10.1 Å². The molecule has 0 spiro atoms. The van der Waals surface area contributed by atoms with Crippen molar-refractivity contribution in [3.05, 3.63) is 33.7 Å². The molecule has 0 aliphatic carbocycles. The molecular weight excluding hydrogens is 132 g/mol. The maximum atomic E-state index is 9.98. The van der Waals surface area contributed by atoms with Crippen LogP contribution in [-0.4, -0.2) is 4.92 Å². The number of allylic oxidation sites excluding steroid dienone is 4. The van der Waals surface area contributed by atoms with Crippen LogP contribution in [0.15, 0.2) is 23.5 Å². The first-order valence-electron chi connectivity index (χ1n) is 2.79. The Morgan fingerprint density at radius 3 is 2.30 bits per heavy atom. The molecular formula is C6H10N2O2. The lowest BCUT2D eigenvalue weighted by atomic mass is 10.4. The minimum Gasteiger partial charge on any atom is -0.402 e. The van der Waals surface area contributed by atoms with Crippen molar-refractivity contribution >= 4 is 0 Å². The van der Waals surface area contributed by atoms with E-state index in [0.29, 0.717) is 5.70 Å². The van der Waals surface area contributed by atoms with E-state index < -0.39 is 4.92 Å². The van der Waals surface area contributed by atoms with Crippen LogP contribution in [0.2, 0.25) is 0 Å². The van der Waals surface area contributed by atoms with Gasteiger partial charge in [0.2, 0.25) is 5.70 Å². The van der Waals surface area contributed by atoms with Gasteiger partial charge in [0.1, 0.15) is 0 Å². The minimum absolute atomic E-state index is 0.0878. The highest BCUT2D eigenvalue weighted by molar-refractivity contribution is 5.09. The first-order chi connectivity index (χ1) is 4.54. The third-order valence-electron chi connectivity index (χ3n) is 0.875. The predicted molar refractivity (Wildman–Crippen MR) is 38.7 cm³/mol. The van der Waals surface area contributed by atoms with Gasteiger partial charge >= 0.3 is 0 Å². The first kappa shape index (κ1) is 8.68. The summed E-state index contributed by atoms with van der Waals surface area (Å²) in [4.78, 5) is 9.52. The summed E-state index contributed by atoms with van der Waals surface area (Å²) in [5.74, 6) is 0. The van der Waals surface area contributed by atoms with Gasteiger partial charge in [-0.25, -0.2) is 0 Å². The first-order valence-corrected chi connectivity index (χ1v) is 2.79. The highest BCUT2D eigenvalue weighted by Gasteiger charge is 1.97. The van der Waals surface area contributed by atoms with Crippen molar-refractivity contribution in [2.45, 2.75) is 13.8 Å². The predicted octanol–water partition coefficient (Wildman–Crippen LogP) is 1.03. The number of hydrogen-bond donors (Lipinski definition) is 1. The number of nitrogens with zero attached hydrogens (tertiary/aromatic N) is 1. The SMILES string of the molecule is C/C(N)=C/C=C(\C)[N+](=O)[O-]. The summed E-state index contributed by atoms with van der Waals surface area (Å²) in [6.07, 6.45) is 2.87. The highest BCUT2D eigenvalue weighted by Crippen LogP contribution is 1.93. The molecule has 0 aliphatic rings. The molecule has 0 aromatic carbocycles. The van der Waals surface area contributed by atoms with Crippen LogP contribution in [0.25, 0.3) is 0 Å². The van der Waals surface area contributed by atoms with E-state index in [9.17, 15) is 10.1 Å². The summed E-state index contributed by atoms with van der Waals surface area (Å²) in [6, 6.07) is 0. The van der Waals surface area contributed by atoms with Gasteiger partial charge in [-0.05, 0) is 13.0 Å². The van der Waals surface area contributed by atoms with E-state index in [4.69, 9.17) is 5.73 Å². The molecule has 0 unspecified atom stereocenters. The minimum atomic E-state index is -0.459. The van der Waals surface area contributed by atoms with E-state index in [1.54, 1.807) is 6.92 Å². The quantitative estimate of drug-likeness (QED) is 0.355. The smallest absolute Gasteiger partial charge is 0.243 e. The molecule has 4 heteroatoms. The second-order valence-corrected chi connectivity index (χ2v) is 1.98. The molecule has 56 valence electrons. The molecule has 0 fully saturated rings. The molecule has 0 bridgehead atoms. The van der Waals surface area contributed by atoms with Crippen molar-refractivity contribution in [1.82, 2.24) is 0 Å². The Morgan fingerprint density at radius 1 is 1.50 bits per heavy atom. The van der Waals surface area contributed by atoms with Gasteiger partial charge in [-0.1, -0.05) is 0 Å². The molecule has 4 nitrogen and oxygen atoms in total. The van der Waals surface area contributed by atoms with Gasteiger partial charge in [0, 0.05) is 18.7 Å². The van der Waals surface area contributed by atoms with Crippen LogP contribution in [0.3, 0.4) is 0 Å². The maximum absolute atomic E-state index is 9.98. The van der Waals surface area contributed by atoms with Crippen LogP contribution in [0.5, 0.6) is 0 Å². The normalized spacial score (nSPS) is 13.4. The van der Waals surface area contributed by atoms with Crippen molar-refractivity contribution in [3.63, 3.8) is 0 Å². The Labute approximate surface area is 59.2 Å². The molecule has 0 saturated carbocycles. The lowest BCUT2D eigenvalue weighted by Crippen LogP contribution is -1.94. The zero-order valence-corrected chi connectivity index (χ0v) is 6.00. The lowest BCUT2D eigenvalue weighted by molar-refractivity contribution is -0.424. The van der Waals surface area contributed by atoms with E-state index in [0.717, 1.165) is 0 Å². The third kappa shape index (κ3) is 3.65. The summed E-state index contributed by atoms with van der Waals surface area (Å²) in [7, 11) is 0. The van der Waals surface area contributed by atoms with Gasteiger partial charge in [-0.2, -0.15) is 0 Å². The molecule has 0 aromatic heterocycles. The fraction of sp³-hybridized carbons (Fsp3) is 0.333. The number of nitro groups is 1. The topological polar surface area (TPSA) is 69.2 Å². The second-order valence-electron chi connectivity index (χ2n) is 1.98. The summed E-state index contributed by atoms with van der Waals surface area (Å²) < 4.78 is 0. The van der Waals surface area contributed by atoms with E-state index in [1.165, 1.54) is 19.1 Å². The Balaban J connectivity index is 4.19. The van der Waals surface area contributed by atoms with Crippen molar-refractivity contribution in [1.29, 1.82) is 0 Å². The Bertz CT molecular complexity index is 190. The Hall–Kier alpha value is -1.32. The molecule has 0 amide bonds. The highest BCUT2D eigenvalue weighted by atomic mass is 16.6. The lowest BCUT2D eigenvalue weighted by Gasteiger charge is -1.86. The molecule has 2 N–H and O–H groups in total. The average Bonchev–Trinajstić information content (AvgIpc) is 1.82. The summed E-state index contributed by atoms with van der Waals surface area (Å²) >= 11 is 0. The van der Waals surface area contributed by atoms with Gasteiger partial charge < -0.3 is 5.73 Å². The molecule has 0 rings (SSSR count). The standard InChI is InChI=1S/C6H10N2O2/c1-5(7)3-4-6(2)8(9)10/h3-4H,7H2,1-2H3/b5-3-,6-4+. The third-order valence-corrected chi connectivity index (χ3v) is 0.875. The van der Waals surface area contributed by atoms with E-state index in [1.807, 2.05) is 0 Å². The van der Waals surface area contributed by atoms with Crippen LogP contribution < -0.4 is 5.73 Å². The molecule has 0 heterocycles. The molecule has 0 aromatic rings. The molecule has 0 radical (unpaired) electrons. The zero-order valence-electron chi connectivity index (χ0n) is 6.00. The van der Waals surface area contributed by atoms with Crippen LogP contribution in [0.4, 0.5) is 0 Å². The van der Waals surface area contributed by atoms with Crippen molar-refractivity contribution in [3.8, 4) is 0 Å². The second kappa shape index (κ2) is 3.66. The van der Waals surface area contributed by atoms with Gasteiger partial charge in [0.15, 0.2) is 0 Å². The number of nitrogens with two attached hydrogens (primary N) is 1. The number of hydrogen-bond acceptors (Lipinski definition) is 3. The van der Waals surface area contributed by atoms with Gasteiger partial charge in [0.05, 0.1) is 4.92 Å². The van der Waals surface area contributed by atoms with Crippen LogP contribution in [0.1, 0.15) is 13.8 Å². The zero-order chi connectivity index (χ0) is 8.15. The van der Waals surface area contributed by atoms with Crippen LogP contribution in [-0.2, 0) is 0 Å². The van der Waals surface area contributed by atoms with Gasteiger partial charge in [0.25, 0.3) is 0 Å². The Kier molecular flexibility index (Phi) is 3.17. The summed E-state index contributed by atoms with van der Waals surface area (Å²) in [6.45, 7) is 3.09. The van der Waals surface area contributed by atoms with E-state index in [-0.39, 0.29) is 5.70 Å². The van der Waals surface area contributed by atoms with E-state index >= 15 is 0 Å². The number of rotatable bonds is 2. The Morgan fingerprint density at radius 2 is 2.00 bits per heavy atom.